The lowest BCUT2D eigenvalue weighted by Gasteiger charge is -2.17. The maximum atomic E-state index is 6.05. The molecule has 3 heteroatoms. The van der Waals surface area contributed by atoms with Crippen molar-refractivity contribution in [1.82, 2.24) is 0 Å². The average Bonchev–Trinajstić information content (AvgIpc) is 2.26. The fourth-order valence-electron chi connectivity index (χ4n) is 2.16. The van der Waals surface area contributed by atoms with E-state index in [-0.39, 0.29) is 0 Å². The molecule has 0 aliphatic heterocycles. The number of anilines is 3. The molecule has 0 fully saturated rings. The molecule has 2 aromatic rings. The van der Waals surface area contributed by atoms with E-state index in [0.29, 0.717) is 23.0 Å². The molecule has 0 radical (unpaired) electrons. The Morgan fingerprint density at radius 3 is 1.94 bits per heavy atom. The van der Waals surface area contributed by atoms with Crippen LogP contribution in [0.2, 0.25) is 0 Å². The Hall–Kier alpha value is -1.90. The summed E-state index contributed by atoms with van der Waals surface area (Å²) in [5.41, 5.74) is 20.8. The van der Waals surface area contributed by atoms with Crippen LogP contribution in [0, 0.1) is 0 Å². The van der Waals surface area contributed by atoms with Crippen LogP contribution in [0.15, 0.2) is 24.3 Å². The lowest BCUT2D eigenvalue weighted by atomic mass is 9.92. The van der Waals surface area contributed by atoms with Gasteiger partial charge >= 0.3 is 0 Å². The molecule has 0 unspecified atom stereocenters. The number of rotatable bonds is 1. The van der Waals surface area contributed by atoms with Gasteiger partial charge in [-0.05, 0) is 16.9 Å². The van der Waals surface area contributed by atoms with Crippen LogP contribution >= 0.6 is 0 Å². The maximum Gasteiger partial charge on any atom is 0.0790 e. The van der Waals surface area contributed by atoms with Gasteiger partial charge in [-0.15, -0.1) is 0 Å². The Balaban J connectivity index is 2.98. The summed E-state index contributed by atoms with van der Waals surface area (Å²) in [7, 11) is 0. The molecule has 0 atom stereocenters. The first kappa shape index (κ1) is 10.6. The highest BCUT2D eigenvalue weighted by Gasteiger charge is 2.15. The third-order valence-electron chi connectivity index (χ3n) is 2.96. The molecule has 0 aromatic heterocycles. The number of nitrogen functional groups attached to an aromatic ring is 3. The van der Waals surface area contributed by atoms with Gasteiger partial charge in [0.15, 0.2) is 0 Å². The first-order valence-corrected chi connectivity index (χ1v) is 5.39. The largest absolute Gasteiger partial charge is 0.397 e. The summed E-state index contributed by atoms with van der Waals surface area (Å²) in [5.74, 6) is 0.327. The van der Waals surface area contributed by atoms with Gasteiger partial charge in [0.1, 0.15) is 0 Å². The monoisotopic (exact) mass is 215 g/mol. The van der Waals surface area contributed by atoms with Crippen molar-refractivity contribution >= 4 is 27.8 Å². The Morgan fingerprint density at radius 1 is 0.812 bits per heavy atom. The zero-order chi connectivity index (χ0) is 11.9. The zero-order valence-electron chi connectivity index (χ0n) is 9.62. The standard InChI is InChI=1S/C13H17N3/c1-7(2)10-8-5-3-4-6-9(8)11(14)13(16)12(10)15/h3-7H,14-16H2,1-2H3. The predicted molar refractivity (Wildman–Crippen MR) is 71.3 cm³/mol. The normalized spacial score (nSPS) is 11.2. The average molecular weight is 215 g/mol. The van der Waals surface area contributed by atoms with Crippen molar-refractivity contribution in [2.24, 2.45) is 0 Å². The van der Waals surface area contributed by atoms with Gasteiger partial charge in [0, 0.05) is 5.39 Å². The minimum Gasteiger partial charge on any atom is -0.397 e. The van der Waals surface area contributed by atoms with Crippen molar-refractivity contribution in [2.75, 3.05) is 17.2 Å². The second kappa shape index (κ2) is 3.59. The van der Waals surface area contributed by atoms with Gasteiger partial charge in [0.25, 0.3) is 0 Å². The van der Waals surface area contributed by atoms with Gasteiger partial charge < -0.3 is 17.2 Å². The Labute approximate surface area is 95.2 Å². The molecule has 0 saturated carbocycles. The van der Waals surface area contributed by atoms with Crippen LogP contribution in [0.1, 0.15) is 25.3 Å². The van der Waals surface area contributed by atoms with E-state index in [2.05, 4.69) is 13.8 Å². The minimum absolute atomic E-state index is 0.327. The van der Waals surface area contributed by atoms with E-state index >= 15 is 0 Å². The molecule has 0 aliphatic rings. The van der Waals surface area contributed by atoms with Crippen molar-refractivity contribution in [2.45, 2.75) is 19.8 Å². The zero-order valence-corrected chi connectivity index (χ0v) is 9.62. The summed E-state index contributed by atoms with van der Waals surface area (Å²) in [6.07, 6.45) is 0. The molecule has 0 bridgehead atoms. The topological polar surface area (TPSA) is 78.1 Å². The predicted octanol–water partition coefficient (Wildman–Crippen LogP) is 2.71. The molecule has 0 saturated heterocycles. The van der Waals surface area contributed by atoms with Crippen LogP contribution in [0.3, 0.4) is 0 Å². The Morgan fingerprint density at radius 2 is 1.38 bits per heavy atom. The van der Waals surface area contributed by atoms with Crippen molar-refractivity contribution in [3.8, 4) is 0 Å². The first-order valence-electron chi connectivity index (χ1n) is 5.39. The summed E-state index contributed by atoms with van der Waals surface area (Å²) in [6.45, 7) is 4.21. The maximum absolute atomic E-state index is 6.05. The van der Waals surface area contributed by atoms with E-state index in [1.54, 1.807) is 0 Å². The summed E-state index contributed by atoms with van der Waals surface area (Å²) in [6, 6.07) is 7.96. The Bertz CT molecular complexity index is 544. The van der Waals surface area contributed by atoms with Gasteiger partial charge in [-0.1, -0.05) is 38.1 Å². The SMILES string of the molecule is CC(C)c1c(N)c(N)c(N)c2ccccc12. The third kappa shape index (κ3) is 1.36. The van der Waals surface area contributed by atoms with Crippen LogP contribution in [0.4, 0.5) is 17.1 Å². The molecule has 84 valence electrons. The van der Waals surface area contributed by atoms with Gasteiger partial charge in [-0.25, -0.2) is 0 Å². The summed E-state index contributed by atoms with van der Waals surface area (Å²) in [4.78, 5) is 0. The molecule has 2 aromatic carbocycles. The van der Waals surface area contributed by atoms with E-state index in [1.165, 1.54) is 0 Å². The van der Waals surface area contributed by atoms with Crippen molar-refractivity contribution in [3.05, 3.63) is 29.8 Å². The molecule has 0 heterocycles. The van der Waals surface area contributed by atoms with Gasteiger partial charge in [-0.3, -0.25) is 0 Å². The molecule has 0 amide bonds. The van der Waals surface area contributed by atoms with Gasteiger partial charge in [0.2, 0.25) is 0 Å². The molecule has 2 rings (SSSR count). The van der Waals surface area contributed by atoms with Crippen molar-refractivity contribution in [3.63, 3.8) is 0 Å². The lowest BCUT2D eigenvalue weighted by Crippen LogP contribution is -2.06. The second-order valence-electron chi connectivity index (χ2n) is 4.35. The number of fused-ring (bicyclic) bond motifs is 1. The fraction of sp³-hybridized carbons (Fsp3) is 0.231. The minimum atomic E-state index is 0.327. The lowest BCUT2D eigenvalue weighted by molar-refractivity contribution is 0.880. The summed E-state index contributed by atoms with van der Waals surface area (Å²) >= 11 is 0. The highest BCUT2D eigenvalue weighted by molar-refractivity contribution is 6.06. The molecule has 6 N–H and O–H groups in total. The van der Waals surface area contributed by atoms with Crippen LogP contribution in [-0.2, 0) is 0 Å². The second-order valence-corrected chi connectivity index (χ2v) is 4.35. The number of benzene rings is 2. The van der Waals surface area contributed by atoms with Crippen LogP contribution in [0.5, 0.6) is 0 Å². The van der Waals surface area contributed by atoms with Crippen LogP contribution < -0.4 is 17.2 Å². The molecule has 16 heavy (non-hydrogen) atoms. The Kier molecular flexibility index (Phi) is 2.38. The summed E-state index contributed by atoms with van der Waals surface area (Å²) in [5, 5.41) is 2.08. The highest BCUT2D eigenvalue weighted by Crippen LogP contribution is 2.39. The van der Waals surface area contributed by atoms with Gasteiger partial charge in [-0.2, -0.15) is 0 Å². The quantitative estimate of drug-likeness (QED) is 0.640. The molecule has 3 nitrogen and oxygen atoms in total. The highest BCUT2D eigenvalue weighted by atomic mass is 14.7. The van der Waals surface area contributed by atoms with Crippen LogP contribution in [-0.4, -0.2) is 0 Å². The molecular formula is C13H17N3. The van der Waals surface area contributed by atoms with E-state index in [1.807, 2.05) is 24.3 Å². The molecular weight excluding hydrogens is 198 g/mol. The number of nitrogens with two attached hydrogens (primary N) is 3. The van der Waals surface area contributed by atoms with E-state index in [4.69, 9.17) is 17.2 Å². The number of hydrogen-bond donors (Lipinski definition) is 3. The molecule has 0 aliphatic carbocycles. The van der Waals surface area contributed by atoms with Gasteiger partial charge in [0.05, 0.1) is 17.1 Å². The van der Waals surface area contributed by atoms with E-state index in [9.17, 15) is 0 Å². The van der Waals surface area contributed by atoms with Crippen LogP contribution in [0.25, 0.3) is 10.8 Å². The van der Waals surface area contributed by atoms with E-state index < -0.39 is 0 Å². The van der Waals surface area contributed by atoms with Crippen molar-refractivity contribution in [1.29, 1.82) is 0 Å². The van der Waals surface area contributed by atoms with E-state index in [0.717, 1.165) is 16.3 Å². The fourth-order valence-corrected chi connectivity index (χ4v) is 2.16. The smallest absolute Gasteiger partial charge is 0.0790 e. The van der Waals surface area contributed by atoms with Crippen molar-refractivity contribution < 1.29 is 0 Å². The summed E-state index contributed by atoms with van der Waals surface area (Å²) < 4.78 is 0. The third-order valence-corrected chi connectivity index (χ3v) is 2.96. The number of hydrogen-bond acceptors (Lipinski definition) is 3. The molecule has 0 spiro atoms. The first-order chi connectivity index (χ1) is 7.54.